The van der Waals surface area contributed by atoms with Gasteiger partial charge in [-0.25, -0.2) is 0 Å². The molecule has 0 radical (unpaired) electrons. The fraction of sp³-hybridized carbons (Fsp3) is 0.529. The number of benzene rings is 1. The molecular weight excluding hydrogens is 264 g/mol. The molecule has 0 aliphatic rings. The Balaban J connectivity index is 2.60. The average Bonchev–Trinajstić information content (AvgIpc) is 2.43. The molecule has 4 nitrogen and oxygen atoms in total. The van der Waals surface area contributed by atoms with Crippen molar-refractivity contribution in [2.75, 3.05) is 6.54 Å². The Morgan fingerprint density at radius 2 is 1.71 bits per heavy atom. The van der Waals surface area contributed by atoms with Crippen LogP contribution in [-0.2, 0) is 16.1 Å². The molecule has 0 saturated heterocycles. The number of carbonyl (C=O) groups excluding carboxylic acids is 2. The summed E-state index contributed by atoms with van der Waals surface area (Å²) in [5.74, 6) is 0.0529. The van der Waals surface area contributed by atoms with E-state index in [2.05, 4.69) is 5.32 Å². The Labute approximate surface area is 127 Å². The molecule has 0 spiro atoms. The maximum atomic E-state index is 12.3. The third kappa shape index (κ3) is 6.43. The van der Waals surface area contributed by atoms with E-state index in [0.29, 0.717) is 19.0 Å². The van der Waals surface area contributed by atoms with Gasteiger partial charge in [-0.2, -0.15) is 0 Å². The van der Waals surface area contributed by atoms with Crippen LogP contribution in [0.5, 0.6) is 0 Å². The summed E-state index contributed by atoms with van der Waals surface area (Å²) in [4.78, 5) is 25.8. The number of carbonyl (C=O) groups is 2. The van der Waals surface area contributed by atoms with Crippen LogP contribution in [0.4, 0.5) is 0 Å². The van der Waals surface area contributed by atoms with Crippen molar-refractivity contribution in [1.29, 1.82) is 0 Å². The van der Waals surface area contributed by atoms with Crippen molar-refractivity contribution in [3.05, 3.63) is 35.9 Å². The average molecular weight is 290 g/mol. The maximum Gasteiger partial charge on any atom is 0.232 e. The van der Waals surface area contributed by atoms with Crippen LogP contribution in [-0.4, -0.2) is 29.3 Å². The lowest BCUT2D eigenvalue weighted by atomic mass is 10.1. The van der Waals surface area contributed by atoms with Gasteiger partial charge in [-0.05, 0) is 25.3 Å². The molecule has 21 heavy (non-hydrogen) atoms. The van der Waals surface area contributed by atoms with Gasteiger partial charge in [0.2, 0.25) is 11.8 Å². The van der Waals surface area contributed by atoms with Gasteiger partial charge in [0.15, 0.2) is 0 Å². The van der Waals surface area contributed by atoms with Crippen LogP contribution in [0.1, 0.15) is 39.7 Å². The van der Waals surface area contributed by atoms with E-state index in [0.717, 1.165) is 5.56 Å². The first-order chi connectivity index (χ1) is 9.90. The molecule has 0 aromatic heterocycles. The molecule has 116 valence electrons. The van der Waals surface area contributed by atoms with Crippen LogP contribution in [0, 0.1) is 5.92 Å². The van der Waals surface area contributed by atoms with Crippen molar-refractivity contribution < 1.29 is 9.59 Å². The predicted molar refractivity (Wildman–Crippen MR) is 84.6 cm³/mol. The first-order valence-corrected chi connectivity index (χ1v) is 7.50. The summed E-state index contributed by atoms with van der Waals surface area (Å²) in [6.45, 7) is 9.12. The molecule has 0 aliphatic carbocycles. The normalized spacial score (nSPS) is 10.8. The lowest BCUT2D eigenvalue weighted by Gasteiger charge is -2.27. The van der Waals surface area contributed by atoms with Crippen LogP contribution >= 0.6 is 0 Å². The van der Waals surface area contributed by atoms with Gasteiger partial charge in [-0.15, -0.1) is 0 Å². The molecule has 0 heterocycles. The Morgan fingerprint density at radius 1 is 1.10 bits per heavy atom. The minimum atomic E-state index is -0.201. The van der Waals surface area contributed by atoms with Crippen LogP contribution in [0.25, 0.3) is 0 Å². The number of hydrogen-bond donors (Lipinski definition) is 1. The maximum absolute atomic E-state index is 12.3. The number of nitrogens with one attached hydrogen (secondary N) is 1. The lowest BCUT2D eigenvalue weighted by molar-refractivity contribution is -0.137. The highest BCUT2D eigenvalue weighted by atomic mass is 16.2. The molecule has 0 atom stereocenters. The Hall–Kier alpha value is -1.84. The zero-order chi connectivity index (χ0) is 15.8. The van der Waals surface area contributed by atoms with Crippen molar-refractivity contribution in [1.82, 2.24) is 10.2 Å². The molecule has 0 unspecified atom stereocenters. The predicted octanol–water partition coefficient (Wildman–Crippen LogP) is 2.59. The van der Waals surface area contributed by atoms with Gasteiger partial charge in [0.1, 0.15) is 6.42 Å². The van der Waals surface area contributed by atoms with Crippen molar-refractivity contribution in [2.45, 2.75) is 46.7 Å². The number of rotatable bonds is 7. The second-order valence-electron chi connectivity index (χ2n) is 5.98. The van der Waals surface area contributed by atoms with Gasteiger partial charge in [0, 0.05) is 19.1 Å². The fourth-order valence-corrected chi connectivity index (χ4v) is 1.96. The third-order valence-electron chi connectivity index (χ3n) is 3.16. The SMILES string of the molecule is CC(C)CNC(=O)CC(=O)N(Cc1ccccc1)C(C)C. The summed E-state index contributed by atoms with van der Waals surface area (Å²) >= 11 is 0. The van der Waals surface area contributed by atoms with Gasteiger partial charge in [0.05, 0.1) is 0 Å². The topological polar surface area (TPSA) is 49.4 Å². The molecule has 1 rings (SSSR count). The Morgan fingerprint density at radius 3 is 2.24 bits per heavy atom. The molecule has 0 fully saturated rings. The Bertz CT molecular complexity index is 455. The zero-order valence-corrected chi connectivity index (χ0v) is 13.4. The van der Waals surface area contributed by atoms with E-state index in [4.69, 9.17) is 0 Å². The minimum Gasteiger partial charge on any atom is -0.355 e. The second-order valence-corrected chi connectivity index (χ2v) is 5.98. The van der Waals surface area contributed by atoms with Crippen molar-refractivity contribution in [2.24, 2.45) is 5.92 Å². The lowest BCUT2D eigenvalue weighted by Crippen LogP contribution is -2.40. The largest absolute Gasteiger partial charge is 0.355 e. The molecule has 0 saturated carbocycles. The molecule has 0 bridgehead atoms. The van der Waals surface area contributed by atoms with Crippen LogP contribution in [0.2, 0.25) is 0 Å². The summed E-state index contributed by atoms with van der Waals surface area (Å²) in [5, 5.41) is 2.78. The summed E-state index contributed by atoms with van der Waals surface area (Å²) in [6, 6.07) is 9.89. The standard InChI is InChI=1S/C17H26N2O2/c1-13(2)11-18-16(20)10-17(21)19(14(3)4)12-15-8-6-5-7-9-15/h5-9,13-14H,10-12H2,1-4H3,(H,18,20). The van der Waals surface area contributed by atoms with Crippen molar-refractivity contribution >= 4 is 11.8 Å². The molecule has 1 N–H and O–H groups in total. The molecule has 4 heteroatoms. The molecule has 2 amide bonds. The molecular formula is C17H26N2O2. The molecule has 1 aromatic rings. The number of amides is 2. The van der Waals surface area contributed by atoms with E-state index in [1.54, 1.807) is 4.90 Å². The number of hydrogen-bond acceptors (Lipinski definition) is 2. The van der Waals surface area contributed by atoms with Crippen LogP contribution in [0.3, 0.4) is 0 Å². The van der Waals surface area contributed by atoms with E-state index in [1.807, 2.05) is 58.0 Å². The zero-order valence-electron chi connectivity index (χ0n) is 13.4. The van der Waals surface area contributed by atoms with E-state index in [-0.39, 0.29) is 24.3 Å². The van der Waals surface area contributed by atoms with E-state index >= 15 is 0 Å². The summed E-state index contributed by atoms with van der Waals surface area (Å²) in [7, 11) is 0. The third-order valence-corrected chi connectivity index (χ3v) is 3.16. The van der Waals surface area contributed by atoms with Gasteiger partial charge in [0.25, 0.3) is 0 Å². The summed E-state index contributed by atoms with van der Waals surface area (Å²) in [6.07, 6.45) is -0.0856. The monoisotopic (exact) mass is 290 g/mol. The second kappa shape index (κ2) is 8.45. The van der Waals surface area contributed by atoms with E-state index < -0.39 is 0 Å². The highest BCUT2D eigenvalue weighted by Crippen LogP contribution is 2.10. The van der Waals surface area contributed by atoms with Crippen molar-refractivity contribution in [3.63, 3.8) is 0 Å². The first-order valence-electron chi connectivity index (χ1n) is 7.50. The Kier molecular flexibility index (Phi) is 6.92. The summed E-state index contributed by atoms with van der Waals surface area (Å²) in [5.41, 5.74) is 1.07. The van der Waals surface area contributed by atoms with Gasteiger partial charge >= 0.3 is 0 Å². The molecule has 0 aliphatic heterocycles. The summed E-state index contributed by atoms with van der Waals surface area (Å²) < 4.78 is 0. The minimum absolute atomic E-state index is 0.0654. The van der Waals surface area contributed by atoms with Gasteiger partial charge in [-0.1, -0.05) is 44.2 Å². The fourth-order valence-electron chi connectivity index (χ4n) is 1.96. The first kappa shape index (κ1) is 17.2. The van der Waals surface area contributed by atoms with Gasteiger partial charge in [-0.3, -0.25) is 9.59 Å². The molecule has 1 aromatic carbocycles. The van der Waals surface area contributed by atoms with E-state index in [1.165, 1.54) is 0 Å². The smallest absolute Gasteiger partial charge is 0.232 e. The van der Waals surface area contributed by atoms with Crippen LogP contribution in [0.15, 0.2) is 30.3 Å². The van der Waals surface area contributed by atoms with E-state index in [9.17, 15) is 9.59 Å². The van der Waals surface area contributed by atoms with Crippen molar-refractivity contribution in [3.8, 4) is 0 Å². The number of nitrogens with zero attached hydrogens (tertiary/aromatic N) is 1. The highest BCUT2D eigenvalue weighted by molar-refractivity contribution is 5.96. The highest BCUT2D eigenvalue weighted by Gasteiger charge is 2.20. The van der Waals surface area contributed by atoms with Crippen LogP contribution < -0.4 is 5.32 Å². The van der Waals surface area contributed by atoms with Gasteiger partial charge < -0.3 is 10.2 Å². The quantitative estimate of drug-likeness (QED) is 0.785.